The molecule has 0 saturated carbocycles. The molecule has 0 radical (unpaired) electrons. The van der Waals surface area contributed by atoms with E-state index in [1.807, 2.05) is 0 Å². The lowest BCUT2D eigenvalue weighted by Crippen LogP contribution is -2.21. The van der Waals surface area contributed by atoms with Crippen molar-refractivity contribution in [3.8, 4) is 11.1 Å². The van der Waals surface area contributed by atoms with Crippen LogP contribution >= 0.6 is 0 Å². The zero-order valence-electron chi connectivity index (χ0n) is 10.3. The molecule has 0 aliphatic carbocycles. The van der Waals surface area contributed by atoms with Crippen molar-refractivity contribution in [2.24, 2.45) is 0 Å². The maximum absolute atomic E-state index is 12.0. The molecule has 1 aromatic heterocycles. The number of rotatable bonds is 4. The maximum Gasteiger partial charge on any atom is 0.405 e. The highest BCUT2D eigenvalue weighted by Gasteiger charge is 2.26. The molecule has 0 atom stereocenters. The Hall–Kier alpha value is -2.37. The monoisotopic (exact) mass is 280 g/mol. The molecule has 0 aliphatic heterocycles. The minimum absolute atomic E-state index is 0.151. The Kier molecular flexibility index (Phi) is 4.02. The van der Waals surface area contributed by atoms with E-state index in [0.717, 1.165) is 17.4 Å². The molecule has 104 valence electrons. The lowest BCUT2D eigenvalue weighted by atomic mass is 10.1. The molecule has 3 nitrogen and oxygen atoms in total. The molecule has 1 heterocycles. The number of halogens is 3. The van der Waals surface area contributed by atoms with E-state index in [1.54, 1.807) is 30.3 Å². The Morgan fingerprint density at radius 3 is 2.55 bits per heavy atom. The third-order valence-electron chi connectivity index (χ3n) is 2.59. The molecular formula is C14H11F3N2O. The normalized spacial score (nSPS) is 11.2. The molecule has 0 spiro atoms. The molecule has 0 unspecified atom stereocenters. The van der Waals surface area contributed by atoms with Crippen LogP contribution in [0.15, 0.2) is 42.6 Å². The second-order valence-corrected chi connectivity index (χ2v) is 4.14. The van der Waals surface area contributed by atoms with Gasteiger partial charge in [-0.05, 0) is 23.8 Å². The Balaban J connectivity index is 2.13. The van der Waals surface area contributed by atoms with Gasteiger partial charge >= 0.3 is 6.18 Å². The third-order valence-corrected chi connectivity index (χ3v) is 2.59. The van der Waals surface area contributed by atoms with Crippen LogP contribution in [0.2, 0.25) is 0 Å². The van der Waals surface area contributed by atoms with E-state index in [0.29, 0.717) is 5.56 Å². The predicted octanol–water partition coefficient (Wildman–Crippen LogP) is 3.54. The Morgan fingerprint density at radius 2 is 1.95 bits per heavy atom. The molecule has 0 saturated heterocycles. The Bertz CT molecular complexity index is 594. The lowest BCUT2D eigenvalue weighted by Gasteiger charge is -2.09. The second-order valence-electron chi connectivity index (χ2n) is 4.14. The van der Waals surface area contributed by atoms with E-state index in [-0.39, 0.29) is 5.82 Å². The number of alkyl halides is 3. The standard InChI is InChI=1S/C14H11F3N2O/c15-14(16,17)9-19-13-5-4-12(7-18-13)11-3-1-2-10(6-11)8-20/h1-8H,9H2,(H,18,19). The summed E-state index contributed by atoms with van der Waals surface area (Å²) in [6.45, 7) is -1.13. The molecule has 6 heteroatoms. The summed E-state index contributed by atoms with van der Waals surface area (Å²) >= 11 is 0. The van der Waals surface area contributed by atoms with Crippen LogP contribution in [0.1, 0.15) is 10.4 Å². The summed E-state index contributed by atoms with van der Waals surface area (Å²) in [6, 6.07) is 10.0. The van der Waals surface area contributed by atoms with Crippen molar-refractivity contribution >= 4 is 12.1 Å². The van der Waals surface area contributed by atoms with Crippen LogP contribution in [0.3, 0.4) is 0 Å². The fourth-order valence-electron chi connectivity index (χ4n) is 1.65. The molecule has 20 heavy (non-hydrogen) atoms. The van der Waals surface area contributed by atoms with Gasteiger partial charge in [0, 0.05) is 17.3 Å². The number of hydrogen-bond donors (Lipinski definition) is 1. The summed E-state index contributed by atoms with van der Waals surface area (Å²) in [5.74, 6) is 0.151. The average Bonchev–Trinajstić information content (AvgIpc) is 2.45. The van der Waals surface area contributed by atoms with Crippen LogP contribution in [0, 0.1) is 0 Å². The number of aldehydes is 1. The molecular weight excluding hydrogens is 269 g/mol. The SMILES string of the molecule is O=Cc1cccc(-c2ccc(NCC(F)(F)F)nc2)c1. The molecule has 1 aromatic carbocycles. The van der Waals surface area contributed by atoms with Crippen molar-refractivity contribution in [1.29, 1.82) is 0 Å². The summed E-state index contributed by atoms with van der Waals surface area (Å²) in [7, 11) is 0. The van der Waals surface area contributed by atoms with Gasteiger partial charge in [0.15, 0.2) is 0 Å². The number of hydrogen-bond acceptors (Lipinski definition) is 3. The van der Waals surface area contributed by atoms with E-state index in [4.69, 9.17) is 0 Å². The van der Waals surface area contributed by atoms with Gasteiger partial charge in [0.05, 0.1) is 0 Å². The van der Waals surface area contributed by atoms with E-state index in [2.05, 4.69) is 10.3 Å². The highest BCUT2D eigenvalue weighted by atomic mass is 19.4. The van der Waals surface area contributed by atoms with Gasteiger partial charge in [-0.1, -0.05) is 18.2 Å². The van der Waals surface area contributed by atoms with Gasteiger partial charge in [-0.2, -0.15) is 13.2 Å². The number of benzene rings is 1. The highest BCUT2D eigenvalue weighted by molar-refractivity contribution is 5.78. The molecule has 0 amide bonds. The van der Waals surface area contributed by atoms with Crippen molar-refractivity contribution in [3.63, 3.8) is 0 Å². The van der Waals surface area contributed by atoms with E-state index in [9.17, 15) is 18.0 Å². The number of carbonyl (C=O) groups excluding carboxylic acids is 1. The third kappa shape index (κ3) is 3.81. The lowest BCUT2D eigenvalue weighted by molar-refractivity contribution is -0.115. The van der Waals surface area contributed by atoms with E-state index in [1.165, 1.54) is 12.3 Å². The predicted molar refractivity (Wildman–Crippen MR) is 69.6 cm³/mol. The molecule has 0 aliphatic rings. The average molecular weight is 280 g/mol. The maximum atomic E-state index is 12.0. The number of anilines is 1. The zero-order chi connectivity index (χ0) is 14.6. The van der Waals surface area contributed by atoms with Gasteiger partial charge in [-0.15, -0.1) is 0 Å². The fourth-order valence-corrected chi connectivity index (χ4v) is 1.65. The summed E-state index contributed by atoms with van der Waals surface area (Å²) in [6.07, 6.45) is -2.09. The van der Waals surface area contributed by atoms with Gasteiger partial charge in [0.25, 0.3) is 0 Å². The quantitative estimate of drug-likeness (QED) is 0.871. The Morgan fingerprint density at radius 1 is 1.15 bits per heavy atom. The number of pyridine rings is 1. The van der Waals surface area contributed by atoms with Gasteiger partial charge < -0.3 is 5.32 Å². The summed E-state index contributed by atoms with van der Waals surface area (Å²) in [4.78, 5) is 14.6. The molecule has 2 aromatic rings. The number of carbonyl (C=O) groups is 1. The molecule has 0 fully saturated rings. The largest absolute Gasteiger partial charge is 0.405 e. The van der Waals surface area contributed by atoms with Gasteiger partial charge in [-0.25, -0.2) is 4.98 Å². The fraction of sp³-hybridized carbons (Fsp3) is 0.143. The number of aromatic nitrogens is 1. The van der Waals surface area contributed by atoms with E-state index >= 15 is 0 Å². The first-order valence-electron chi connectivity index (χ1n) is 5.80. The smallest absolute Gasteiger partial charge is 0.361 e. The number of nitrogens with zero attached hydrogens (tertiary/aromatic N) is 1. The summed E-state index contributed by atoms with van der Waals surface area (Å²) in [5.41, 5.74) is 2.04. The van der Waals surface area contributed by atoms with Crippen molar-refractivity contribution in [3.05, 3.63) is 48.2 Å². The Labute approximate surface area is 113 Å². The summed E-state index contributed by atoms with van der Waals surface area (Å²) in [5, 5.41) is 2.19. The van der Waals surface area contributed by atoms with Gasteiger partial charge in [-0.3, -0.25) is 4.79 Å². The molecule has 0 bridgehead atoms. The zero-order valence-corrected chi connectivity index (χ0v) is 10.3. The van der Waals surface area contributed by atoms with Gasteiger partial charge in [0.1, 0.15) is 18.6 Å². The highest BCUT2D eigenvalue weighted by Crippen LogP contribution is 2.21. The first kappa shape index (κ1) is 14.0. The molecule has 2 rings (SSSR count). The summed E-state index contributed by atoms with van der Waals surface area (Å²) < 4.78 is 36.1. The first-order valence-corrected chi connectivity index (χ1v) is 5.80. The minimum Gasteiger partial charge on any atom is -0.361 e. The first-order chi connectivity index (χ1) is 9.48. The number of nitrogens with one attached hydrogen (secondary N) is 1. The molecule has 1 N–H and O–H groups in total. The van der Waals surface area contributed by atoms with Crippen molar-refractivity contribution in [2.45, 2.75) is 6.18 Å². The van der Waals surface area contributed by atoms with Crippen molar-refractivity contribution in [2.75, 3.05) is 11.9 Å². The van der Waals surface area contributed by atoms with Gasteiger partial charge in [0.2, 0.25) is 0 Å². The van der Waals surface area contributed by atoms with Crippen LogP contribution in [-0.2, 0) is 0 Å². The van der Waals surface area contributed by atoms with E-state index < -0.39 is 12.7 Å². The second kappa shape index (κ2) is 5.73. The van der Waals surface area contributed by atoms with Crippen LogP contribution < -0.4 is 5.32 Å². The topological polar surface area (TPSA) is 42.0 Å². The van der Waals surface area contributed by atoms with Crippen molar-refractivity contribution in [1.82, 2.24) is 4.98 Å². The van der Waals surface area contributed by atoms with Crippen LogP contribution in [-0.4, -0.2) is 24.0 Å². The van der Waals surface area contributed by atoms with Crippen molar-refractivity contribution < 1.29 is 18.0 Å². The van der Waals surface area contributed by atoms with Crippen LogP contribution in [0.4, 0.5) is 19.0 Å². The minimum atomic E-state index is -4.28. The van der Waals surface area contributed by atoms with Crippen LogP contribution in [0.25, 0.3) is 11.1 Å². The van der Waals surface area contributed by atoms with Crippen LogP contribution in [0.5, 0.6) is 0 Å².